The van der Waals surface area contributed by atoms with E-state index in [0.29, 0.717) is 5.92 Å². The summed E-state index contributed by atoms with van der Waals surface area (Å²) < 4.78 is 0.936. The highest BCUT2D eigenvalue weighted by atomic mass is 79.9. The van der Waals surface area contributed by atoms with E-state index >= 15 is 0 Å². The van der Waals surface area contributed by atoms with E-state index in [9.17, 15) is 9.59 Å². The predicted molar refractivity (Wildman–Crippen MR) is 95.9 cm³/mol. The van der Waals surface area contributed by atoms with Crippen LogP contribution in [0.1, 0.15) is 51.6 Å². The van der Waals surface area contributed by atoms with Crippen LogP contribution in [0.25, 0.3) is 0 Å². The summed E-state index contributed by atoms with van der Waals surface area (Å²) in [6.07, 6.45) is 2.17. The number of urea groups is 1. The van der Waals surface area contributed by atoms with Gasteiger partial charge in [0, 0.05) is 10.5 Å². The third-order valence-corrected chi connectivity index (χ3v) is 4.09. The lowest BCUT2D eigenvalue weighted by molar-refractivity contribution is -0.122. The first-order chi connectivity index (χ1) is 10.8. The van der Waals surface area contributed by atoms with Crippen LogP contribution < -0.4 is 16.4 Å². The van der Waals surface area contributed by atoms with Gasteiger partial charge in [0.2, 0.25) is 5.91 Å². The van der Waals surface area contributed by atoms with Gasteiger partial charge in [-0.05, 0) is 43.4 Å². The third-order valence-electron chi connectivity index (χ3n) is 3.56. The lowest BCUT2D eigenvalue weighted by Crippen LogP contribution is -2.39. The van der Waals surface area contributed by atoms with Gasteiger partial charge >= 0.3 is 6.03 Å². The number of rotatable bonds is 8. The molecule has 0 saturated carbocycles. The zero-order valence-electron chi connectivity index (χ0n) is 13.9. The van der Waals surface area contributed by atoms with E-state index in [4.69, 9.17) is 5.73 Å². The number of amides is 3. The Morgan fingerprint density at radius 3 is 2.22 bits per heavy atom. The van der Waals surface area contributed by atoms with Crippen molar-refractivity contribution in [2.45, 2.75) is 52.1 Å². The van der Waals surface area contributed by atoms with Gasteiger partial charge in [0.25, 0.3) is 0 Å². The predicted octanol–water partition coefficient (Wildman–Crippen LogP) is 3.49. The molecule has 0 heterocycles. The summed E-state index contributed by atoms with van der Waals surface area (Å²) >= 11 is 3.37. The van der Waals surface area contributed by atoms with Gasteiger partial charge in [-0.25, -0.2) is 4.79 Å². The van der Waals surface area contributed by atoms with Crippen molar-refractivity contribution in [3.8, 4) is 0 Å². The van der Waals surface area contributed by atoms with E-state index in [-0.39, 0.29) is 18.4 Å². The van der Waals surface area contributed by atoms with Gasteiger partial charge in [-0.15, -0.1) is 0 Å². The number of halogens is 1. The zero-order valence-corrected chi connectivity index (χ0v) is 15.5. The van der Waals surface area contributed by atoms with Crippen LogP contribution in [0, 0.1) is 5.92 Å². The Balaban J connectivity index is 2.64. The molecule has 4 N–H and O–H groups in total. The molecule has 2 atom stereocenters. The van der Waals surface area contributed by atoms with E-state index < -0.39 is 12.1 Å². The summed E-state index contributed by atoms with van der Waals surface area (Å²) in [5.74, 6) is 0.518. The van der Waals surface area contributed by atoms with E-state index in [1.807, 2.05) is 31.2 Å². The number of hydrogen-bond donors (Lipinski definition) is 3. The van der Waals surface area contributed by atoms with Crippen LogP contribution >= 0.6 is 15.9 Å². The fourth-order valence-corrected chi connectivity index (χ4v) is 2.56. The number of nitrogens with one attached hydrogen (secondary N) is 2. The minimum Gasteiger partial charge on any atom is -0.354 e. The summed E-state index contributed by atoms with van der Waals surface area (Å²) in [7, 11) is 0. The van der Waals surface area contributed by atoms with Crippen molar-refractivity contribution < 1.29 is 9.59 Å². The molecule has 0 saturated heterocycles. The average molecular weight is 384 g/mol. The second-order valence-corrected chi connectivity index (χ2v) is 7.17. The summed E-state index contributed by atoms with van der Waals surface area (Å²) in [6, 6.07) is 6.50. The Kier molecular flexibility index (Phi) is 8.09. The standard InChI is InChI=1S/C17H26BrN3O2/c1-11(2)4-5-12(3)20-16(22)10-15(21-17(19)23)13-6-8-14(18)9-7-13/h6-9,11-12,15H,4-5,10H2,1-3H3,(H,20,22)(H3,19,21,23). The highest BCUT2D eigenvalue weighted by Crippen LogP contribution is 2.20. The summed E-state index contributed by atoms with van der Waals surface area (Å²) in [6.45, 7) is 6.32. The number of benzene rings is 1. The van der Waals surface area contributed by atoms with E-state index in [0.717, 1.165) is 22.9 Å². The van der Waals surface area contributed by atoms with Crippen molar-refractivity contribution in [1.29, 1.82) is 0 Å². The van der Waals surface area contributed by atoms with Gasteiger partial charge in [0.15, 0.2) is 0 Å². The van der Waals surface area contributed by atoms with Crippen LogP contribution in [0.2, 0.25) is 0 Å². The highest BCUT2D eigenvalue weighted by Gasteiger charge is 2.18. The lowest BCUT2D eigenvalue weighted by Gasteiger charge is -2.20. The molecular weight excluding hydrogens is 358 g/mol. The monoisotopic (exact) mass is 383 g/mol. The minimum absolute atomic E-state index is 0.0945. The van der Waals surface area contributed by atoms with Crippen LogP contribution in [0.3, 0.4) is 0 Å². The maximum atomic E-state index is 12.2. The molecule has 0 radical (unpaired) electrons. The maximum Gasteiger partial charge on any atom is 0.312 e. The first-order valence-corrected chi connectivity index (χ1v) is 8.68. The van der Waals surface area contributed by atoms with Gasteiger partial charge in [0.1, 0.15) is 0 Å². The van der Waals surface area contributed by atoms with E-state index in [2.05, 4.69) is 40.4 Å². The van der Waals surface area contributed by atoms with Crippen LogP contribution in [0.4, 0.5) is 4.79 Å². The molecule has 0 aliphatic rings. The normalized spacial score (nSPS) is 13.4. The first-order valence-electron chi connectivity index (χ1n) is 7.88. The van der Waals surface area contributed by atoms with Gasteiger partial charge in [0.05, 0.1) is 12.5 Å². The van der Waals surface area contributed by atoms with Crippen molar-refractivity contribution >= 4 is 27.9 Å². The van der Waals surface area contributed by atoms with Crippen molar-refractivity contribution in [1.82, 2.24) is 10.6 Å². The van der Waals surface area contributed by atoms with Crippen LogP contribution in [-0.2, 0) is 4.79 Å². The number of carbonyl (C=O) groups excluding carboxylic acids is 2. The summed E-state index contributed by atoms with van der Waals surface area (Å²) in [5.41, 5.74) is 6.07. The second kappa shape index (κ2) is 9.55. The quantitative estimate of drug-likeness (QED) is 0.641. The summed E-state index contributed by atoms with van der Waals surface area (Å²) in [4.78, 5) is 23.4. The molecule has 1 aromatic carbocycles. The van der Waals surface area contributed by atoms with E-state index in [1.54, 1.807) is 0 Å². The molecule has 6 heteroatoms. The molecule has 0 fully saturated rings. The molecule has 0 aliphatic carbocycles. The third kappa shape index (κ3) is 8.02. The van der Waals surface area contributed by atoms with Crippen LogP contribution in [-0.4, -0.2) is 18.0 Å². The Hall–Kier alpha value is -1.56. The number of nitrogens with two attached hydrogens (primary N) is 1. The molecule has 0 bridgehead atoms. The molecule has 3 amide bonds. The average Bonchev–Trinajstić information content (AvgIpc) is 2.44. The fraction of sp³-hybridized carbons (Fsp3) is 0.529. The molecule has 128 valence electrons. The SMILES string of the molecule is CC(C)CCC(C)NC(=O)CC(NC(N)=O)c1ccc(Br)cc1. The number of hydrogen-bond acceptors (Lipinski definition) is 2. The van der Waals surface area contributed by atoms with Gasteiger partial charge in [-0.3, -0.25) is 4.79 Å². The maximum absolute atomic E-state index is 12.2. The molecular formula is C17H26BrN3O2. The minimum atomic E-state index is -0.640. The van der Waals surface area contributed by atoms with Crippen molar-refractivity contribution in [3.05, 3.63) is 34.3 Å². The topological polar surface area (TPSA) is 84.2 Å². The Labute approximate surface area is 146 Å². The Morgan fingerprint density at radius 1 is 1.09 bits per heavy atom. The molecule has 0 spiro atoms. The summed E-state index contributed by atoms with van der Waals surface area (Å²) in [5, 5.41) is 5.61. The zero-order chi connectivity index (χ0) is 17.4. The smallest absolute Gasteiger partial charge is 0.312 e. The molecule has 1 aromatic rings. The van der Waals surface area contributed by atoms with Crippen LogP contribution in [0.15, 0.2) is 28.7 Å². The van der Waals surface area contributed by atoms with Crippen molar-refractivity contribution in [2.75, 3.05) is 0 Å². The second-order valence-electron chi connectivity index (χ2n) is 6.26. The lowest BCUT2D eigenvalue weighted by atomic mass is 10.0. The molecule has 1 rings (SSSR count). The largest absolute Gasteiger partial charge is 0.354 e. The molecule has 0 aromatic heterocycles. The van der Waals surface area contributed by atoms with Gasteiger partial charge in [-0.2, -0.15) is 0 Å². The van der Waals surface area contributed by atoms with Crippen molar-refractivity contribution in [2.24, 2.45) is 11.7 Å². The first kappa shape index (κ1) is 19.5. The van der Waals surface area contributed by atoms with E-state index in [1.165, 1.54) is 0 Å². The van der Waals surface area contributed by atoms with Crippen molar-refractivity contribution in [3.63, 3.8) is 0 Å². The Morgan fingerprint density at radius 2 is 1.70 bits per heavy atom. The Bertz CT molecular complexity index is 517. The number of carbonyl (C=O) groups is 2. The van der Waals surface area contributed by atoms with Gasteiger partial charge in [-0.1, -0.05) is 41.9 Å². The molecule has 23 heavy (non-hydrogen) atoms. The molecule has 5 nitrogen and oxygen atoms in total. The highest BCUT2D eigenvalue weighted by molar-refractivity contribution is 9.10. The van der Waals surface area contributed by atoms with Crippen LogP contribution in [0.5, 0.6) is 0 Å². The van der Waals surface area contributed by atoms with Gasteiger partial charge < -0.3 is 16.4 Å². The molecule has 2 unspecified atom stereocenters. The number of primary amides is 1. The molecule has 0 aliphatic heterocycles. The fourth-order valence-electron chi connectivity index (χ4n) is 2.29.